The summed E-state index contributed by atoms with van der Waals surface area (Å²) in [6, 6.07) is 4.44. The van der Waals surface area contributed by atoms with Crippen LogP contribution >= 0.6 is 0 Å². The van der Waals surface area contributed by atoms with Crippen LogP contribution in [0.5, 0.6) is 0 Å². The first-order valence-corrected chi connectivity index (χ1v) is 5.30. The third-order valence-electron chi connectivity index (χ3n) is 3.02. The molecule has 80 valence electrons. The summed E-state index contributed by atoms with van der Waals surface area (Å²) in [5.74, 6) is 0. The first-order chi connectivity index (χ1) is 6.79. The molecule has 1 nitrogen and oxygen atoms in total. The van der Waals surface area contributed by atoms with Crippen LogP contribution in [0.15, 0.2) is 6.07 Å². The van der Waals surface area contributed by atoms with Crippen molar-refractivity contribution in [1.29, 1.82) is 5.26 Å². The monoisotopic (exact) mass is 201 g/mol. The van der Waals surface area contributed by atoms with Gasteiger partial charge in [0.2, 0.25) is 0 Å². The van der Waals surface area contributed by atoms with E-state index in [9.17, 15) is 0 Å². The minimum Gasteiger partial charge on any atom is -0.192 e. The van der Waals surface area contributed by atoms with Gasteiger partial charge in [-0.2, -0.15) is 5.26 Å². The quantitative estimate of drug-likeness (QED) is 0.626. The largest absolute Gasteiger partial charge is 0.192 e. The summed E-state index contributed by atoms with van der Waals surface area (Å²) in [5.41, 5.74) is 5.79. The van der Waals surface area contributed by atoms with Crippen LogP contribution in [0, 0.1) is 32.1 Å². The summed E-state index contributed by atoms with van der Waals surface area (Å²) in [6.45, 7) is 12.8. The standard InChI is InChI=1S/C14H19N/c1-9-7-13(14(4,5)6)11(3)10(2)12(9)8-15/h7H,1-6H3. The Hall–Kier alpha value is -1.29. The highest BCUT2D eigenvalue weighted by Crippen LogP contribution is 2.30. The molecule has 1 aromatic rings. The van der Waals surface area contributed by atoms with E-state index in [1.54, 1.807) is 0 Å². The number of nitriles is 1. The molecule has 0 aliphatic heterocycles. The number of hydrogen-bond acceptors (Lipinski definition) is 1. The first kappa shape index (κ1) is 11.8. The van der Waals surface area contributed by atoms with Gasteiger partial charge in [-0.3, -0.25) is 0 Å². The first-order valence-electron chi connectivity index (χ1n) is 5.30. The molecule has 15 heavy (non-hydrogen) atoms. The molecule has 0 saturated heterocycles. The van der Waals surface area contributed by atoms with E-state index in [4.69, 9.17) is 5.26 Å². The fourth-order valence-corrected chi connectivity index (χ4v) is 2.03. The van der Waals surface area contributed by atoms with Crippen LogP contribution in [0.2, 0.25) is 0 Å². The minimum atomic E-state index is 0.146. The summed E-state index contributed by atoms with van der Waals surface area (Å²) in [4.78, 5) is 0. The van der Waals surface area contributed by atoms with Crippen molar-refractivity contribution in [1.82, 2.24) is 0 Å². The zero-order chi connectivity index (χ0) is 11.8. The normalized spacial score (nSPS) is 11.3. The summed E-state index contributed by atoms with van der Waals surface area (Å²) < 4.78 is 0. The molecule has 0 unspecified atom stereocenters. The lowest BCUT2D eigenvalue weighted by Crippen LogP contribution is -2.15. The molecule has 0 atom stereocenters. The molecule has 0 amide bonds. The Bertz CT molecular complexity index is 428. The van der Waals surface area contributed by atoms with E-state index in [2.05, 4.69) is 39.8 Å². The van der Waals surface area contributed by atoms with Crippen LogP contribution in [-0.2, 0) is 5.41 Å². The fraction of sp³-hybridized carbons (Fsp3) is 0.500. The predicted octanol–water partition coefficient (Wildman–Crippen LogP) is 3.78. The zero-order valence-corrected chi connectivity index (χ0v) is 10.5. The smallest absolute Gasteiger partial charge is 0.0997 e. The summed E-state index contributed by atoms with van der Waals surface area (Å²) in [7, 11) is 0. The van der Waals surface area contributed by atoms with E-state index in [-0.39, 0.29) is 5.41 Å². The topological polar surface area (TPSA) is 23.8 Å². The molecule has 0 N–H and O–H groups in total. The van der Waals surface area contributed by atoms with Gasteiger partial charge in [-0.1, -0.05) is 26.8 Å². The fourth-order valence-electron chi connectivity index (χ4n) is 2.03. The minimum absolute atomic E-state index is 0.146. The molecule has 0 aromatic heterocycles. The second-order valence-electron chi connectivity index (χ2n) is 5.23. The van der Waals surface area contributed by atoms with Gasteiger partial charge >= 0.3 is 0 Å². The average molecular weight is 201 g/mol. The Morgan fingerprint density at radius 1 is 1.07 bits per heavy atom. The van der Waals surface area contributed by atoms with Crippen LogP contribution in [-0.4, -0.2) is 0 Å². The van der Waals surface area contributed by atoms with Crippen molar-refractivity contribution in [3.63, 3.8) is 0 Å². The van der Waals surface area contributed by atoms with Crippen molar-refractivity contribution in [3.8, 4) is 6.07 Å². The van der Waals surface area contributed by atoms with Gasteiger partial charge in [-0.05, 0) is 48.4 Å². The molecule has 1 rings (SSSR count). The highest BCUT2D eigenvalue weighted by atomic mass is 14.3. The van der Waals surface area contributed by atoms with Gasteiger partial charge in [0.1, 0.15) is 0 Å². The highest BCUT2D eigenvalue weighted by Gasteiger charge is 2.19. The molecule has 0 saturated carbocycles. The third kappa shape index (κ3) is 2.04. The maximum Gasteiger partial charge on any atom is 0.0997 e. The van der Waals surface area contributed by atoms with Crippen LogP contribution in [0.1, 0.15) is 48.6 Å². The number of nitrogens with zero attached hydrogens (tertiary/aromatic N) is 1. The number of benzene rings is 1. The molecule has 0 radical (unpaired) electrons. The SMILES string of the molecule is Cc1cc(C(C)(C)C)c(C)c(C)c1C#N. The van der Waals surface area contributed by atoms with Crippen molar-refractivity contribution < 1.29 is 0 Å². The average Bonchev–Trinajstić information content (AvgIpc) is 2.10. The molecule has 0 aliphatic rings. The van der Waals surface area contributed by atoms with E-state index in [1.165, 1.54) is 11.1 Å². The molecule has 0 spiro atoms. The Morgan fingerprint density at radius 3 is 2.00 bits per heavy atom. The van der Waals surface area contributed by atoms with Gasteiger partial charge in [-0.15, -0.1) is 0 Å². The lowest BCUT2D eigenvalue weighted by atomic mass is 9.80. The Kier molecular flexibility index (Phi) is 2.90. The van der Waals surface area contributed by atoms with E-state index in [0.29, 0.717) is 0 Å². The zero-order valence-electron chi connectivity index (χ0n) is 10.5. The van der Waals surface area contributed by atoms with Gasteiger partial charge in [0, 0.05) is 0 Å². The molecular weight excluding hydrogens is 182 g/mol. The molecule has 1 aromatic carbocycles. The second-order valence-corrected chi connectivity index (χ2v) is 5.23. The van der Waals surface area contributed by atoms with Gasteiger partial charge < -0.3 is 0 Å². The van der Waals surface area contributed by atoms with Crippen molar-refractivity contribution >= 4 is 0 Å². The Labute approximate surface area is 92.7 Å². The van der Waals surface area contributed by atoms with Crippen LogP contribution in [0.4, 0.5) is 0 Å². The van der Waals surface area contributed by atoms with E-state index < -0.39 is 0 Å². The number of aryl methyl sites for hydroxylation is 1. The van der Waals surface area contributed by atoms with E-state index in [0.717, 1.165) is 16.7 Å². The maximum atomic E-state index is 9.07. The number of hydrogen-bond donors (Lipinski definition) is 0. The lowest BCUT2D eigenvalue weighted by Gasteiger charge is -2.24. The summed E-state index contributed by atoms with van der Waals surface area (Å²) >= 11 is 0. The molecule has 0 aliphatic carbocycles. The Morgan fingerprint density at radius 2 is 1.60 bits per heavy atom. The van der Waals surface area contributed by atoms with E-state index >= 15 is 0 Å². The van der Waals surface area contributed by atoms with Gasteiger partial charge in [0.25, 0.3) is 0 Å². The van der Waals surface area contributed by atoms with Gasteiger partial charge in [0.15, 0.2) is 0 Å². The number of rotatable bonds is 0. The Balaban J connectivity index is 3.57. The van der Waals surface area contributed by atoms with Crippen LogP contribution in [0.25, 0.3) is 0 Å². The van der Waals surface area contributed by atoms with Crippen molar-refractivity contribution in [2.75, 3.05) is 0 Å². The molecule has 0 fully saturated rings. The van der Waals surface area contributed by atoms with Gasteiger partial charge in [-0.25, -0.2) is 0 Å². The van der Waals surface area contributed by atoms with Crippen molar-refractivity contribution in [2.45, 2.75) is 47.0 Å². The molecule has 0 bridgehead atoms. The van der Waals surface area contributed by atoms with E-state index in [1.807, 2.05) is 13.8 Å². The predicted molar refractivity (Wildman–Crippen MR) is 64.1 cm³/mol. The third-order valence-corrected chi connectivity index (χ3v) is 3.02. The lowest BCUT2D eigenvalue weighted by molar-refractivity contribution is 0.584. The second kappa shape index (κ2) is 3.70. The summed E-state index contributed by atoms with van der Waals surface area (Å²) in [5, 5.41) is 9.07. The summed E-state index contributed by atoms with van der Waals surface area (Å²) in [6.07, 6.45) is 0. The molecular formula is C14H19N. The van der Waals surface area contributed by atoms with Crippen LogP contribution in [0.3, 0.4) is 0 Å². The maximum absolute atomic E-state index is 9.07. The van der Waals surface area contributed by atoms with Gasteiger partial charge in [0.05, 0.1) is 11.6 Å². The molecule has 1 heteroatoms. The van der Waals surface area contributed by atoms with Crippen molar-refractivity contribution in [2.24, 2.45) is 0 Å². The van der Waals surface area contributed by atoms with Crippen LogP contribution < -0.4 is 0 Å². The molecule has 0 heterocycles. The highest BCUT2D eigenvalue weighted by molar-refractivity contribution is 5.52. The van der Waals surface area contributed by atoms with Crippen molar-refractivity contribution in [3.05, 3.63) is 33.9 Å².